The molecule has 0 radical (unpaired) electrons. The van der Waals surface area contributed by atoms with Gasteiger partial charge in [-0.3, -0.25) is 4.79 Å². The largest absolute Gasteiger partial charge is 0.278 e. The van der Waals surface area contributed by atoms with Gasteiger partial charge in [-0.15, -0.1) is 0 Å². The van der Waals surface area contributed by atoms with E-state index < -0.39 is 9.84 Å². The summed E-state index contributed by atoms with van der Waals surface area (Å²) in [6, 6.07) is 1.59. The van der Waals surface area contributed by atoms with Gasteiger partial charge in [0.25, 0.3) is 5.56 Å². The van der Waals surface area contributed by atoms with Gasteiger partial charge in [-0.1, -0.05) is 0 Å². The van der Waals surface area contributed by atoms with Crippen LogP contribution < -0.4 is 5.56 Å². The van der Waals surface area contributed by atoms with Crippen molar-refractivity contribution in [2.45, 2.75) is 12.3 Å². The van der Waals surface area contributed by atoms with Crippen LogP contribution in [0, 0.1) is 0 Å². The van der Waals surface area contributed by atoms with Crippen LogP contribution in [0.2, 0.25) is 0 Å². The molecule has 1 saturated heterocycles. The molecule has 1 aliphatic rings. The van der Waals surface area contributed by atoms with Gasteiger partial charge < -0.3 is 0 Å². The summed E-state index contributed by atoms with van der Waals surface area (Å²) in [5.41, 5.74) is 0.321. The number of nitrogens with zero attached hydrogens (tertiary/aromatic N) is 1. The van der Waals surface area contributed by atoms with Crippen LogP contribution in [0.1, 0.15) is 18.0 Å². The Balaban J connectivity index is 2.32. The molecule has 0 aliphatic carbocycles. The van der Waals surface area contributed by atoms with Gasteiger partial charge in [0.1, 0.15) is 0 Å². The van der Waals surface area contributed by atoms with E-state index in [1.165, 1.54) is 0 Å². The van der Waals surface area contributed by atoms with E-state index >= 15 is 0 Å². The van der Waals surface area contributed by atoms with Crippen LogP contribution >= 0.6 is 15.9 Å². The minimum atomic E-state index is -2.91. The zero-order chi connectivity index (χ0) is 11.1. The van der Waals surface area contributed by atoms with E-state index in [0.29, 0.717) is 16.6 Å². The third-order valence-corrected chi connectivity index (χ3v) is 4.79. The molecular formula is C8H9BrN2O3S. The van der Waals surface area contributed by atoms with Crippen molar-refractivity contribution in [3.05, 3.63) is 26.6 Å². The van der Waals surface area contributed by atoms with Crippen molar-refractivity contribution in [2.75, 3.05) is 11.5 Å². The van der Waals surface area contributed by atoms with E-state index in [9.17, 15) is 13.2 Å². The molecule has 0 spiro atoms. The smallest absolute Gasteiger partial charge is 0.267 e. The van der Waals surface area contributed by atoms with Crippen LogP contribution in [0.25, 0.3) is 0 Å². The predicted octanol–water partition coefficient (Wildman–Crippen LogP) is 0.435. The second-order valence-electron chi connectivity index (χ2n) is 3.57. The highest BCUT2D eigenvalue weighted by molar-refractivity contribution is 9.10. The number of nitrogens with one attached hydrogen (secondary N) is 1. The molecule has 0 aromatic carbocycles. The molecule has 0 amide bonds. The summed E-state index contributed by atoms with van der Waals surface area (Å²) in [5, 5.41) is 6.18. The Hall–Kier alpha value is -0.690. The summed E-state index contributed by atoms with van der Waals surface area (Å²) in [6.07, 6.45) is 0.577. The molecule has 7 heteroatoms. The third kappa shape index (κ3) is 2.28. The van der Waals surface area contributed by atoms with Gasteiger partial charge in [0.2, 0.25) is 0 Å². The normalized spacial score (nSPS) is 24.2. The Labute approximate surface area is 94.9 Å². The standard InChI is InChI=1S/C8H9BrN2O3S/c9-6-3-7(10-11-8(6)12)5-1-2-15(13,14)4-5/h3,5H,1-2,4H2,(H,11,12). The molecule has 1 fully saturated rings. The van der Waals surface area contributed by atoms with E-state index in [4.69, 9.17) is 0 Å². The minimum absolute atomic E-state index is 0.0943. The molecule has 15 heavy (non-hydrogen) atoms. The summed E-state index contributed by atoms with van der Waals surface area (Å²) < 4.78 is 22.9. The third-order valence-electron chi connectivity index (χ3n) is 2.43. The van der Waals surface area contributed by atoms with Crippen molar-refractivity contribution < 1.29 is 8.42 Å². The number of hydrogen-bond donors (Lipinski definition) is 1. The van der Waals surface area contributed by atoms with E-state index in [1.807, 2.05) is 0 Å². The number of halogens is 1. The Morgan fingerprint density at radius 2 is 2.27 bits per heavy atom. The molecule has 1 aromatic heterocycles. The molecule has 2 rings (SSSR count). The molecule has 2 heterocycles. The van der Waals surface area contributed by atoms with Crippen LogP contribution in [-0.4, -0.2) is 30.1 Å². The number of aromatic nitrogens is 2. The van der Waals surface area contributed by atoms with E-state index in [2.05, 4.69) is 26.1 Å². The number of rotatable bonds is 1. The lowest BCUT2D eigenvalue weighted by molar-refractivity contribution is 0.601. The lowest BCUT2D eigenvalue weighted by atomic mass is 10.1. The first kappa shape index (κ1) is 10.8. The molecule has 0 saturated carbocycles. The highest BCUT2D eigenvalue weighted by Crippen LogP contribution is 2.27. The maximum absolute atomic E-state index is 11.3. The van der Waals surface area contributed by atoms with E-state index in [-0.39, 0.29) is 23.0 Å². The fourth-order valence-electron chi connectivity index (χ4n) is 1.63. The van der Waals surface area contributed by atoms with Gasteiger partial charge in [0, 0.05) is 5.92 Å². The van der Waals surface area contributed by atoms with Gasteiger partial charge in [-0.05, 0) is 28.4 Å². The van der Waals surface area contributed by atoms with Crippen molar-refractivity contribution in [2.24, 2.45) is 0 Å². The van der Waals surface area contributed by atoms with Crippen molar-refractivity contribution in [1.29, 1.82) is 0 Å². The van der Waals surface area contributed by atoms with Crippen molar-refractivity contribution in [3.63, 3.8) is 0 Å². The Morgan fingerprint density at radius 3 is 2.80 bits per heavy atom. The Morgan fingerprint density at radius 1 is 1.53 bits per heavy atom. The molecular weight excluding hydrogens is 284 g/mol. The molecule has 1 aromatic rings. The van der Waals surface area contributed by atoms with Crippen LogP contribution in [0.3, 0.4) is 0 Å². The molecule has 82 valence electrons. The maximum atomic E-state index is 11.3. The first-order valence-corrected chi connectivity index (χ1v) is 7.05. The number of sulfone groups is 1. The van der Waals surface area contributed by atoms with Crippen LogP contribution in [0.5, 0.6) is 0 Å². The average Bonchev–Trinajstić information content (AvgIpc) is 2.51. The second kappa shape index (κ2) is 3.71. The van der Waals surface area contributed by atoms with Gasteiger partial charge >= 0.3 is 0 Å². The first-order chi connectivity index (χ1) is 6.98. The topological polar surface area (TPSA) is 79.9 Å². The highest BCUT2D eigenvalue weighted by atomic mass is 79.9. The van der Waals surface area contributed by atoms with Gasteiger partial charge in [0.15, 0.2) is 9.84 Å². The van der Waals surface area contributed by atoms with Crippen LogP contribution in [0.15, 0.2) is 15.3 Å². The second-order valence-corrected chi connectivity index (χ2v) is 6.65. The fourth-order valence-corrected chi connectivity index (χ4v) is 3.72. The molecule has 0 bridgehead atoms. The quantitative estimate of drug-likeness (QED) is 0.814. The summed E-state index contributed by atoms with van der Waals surface area (Å²) >= 11 is 3.09. The lowest BCUT2D eigenvalue weighted by Crippen LogP contribution is -2.13. The van der Waals surface area contributed by atoms with Crippen molar-refractivity contribution in [1.82, 2.24) is 10.2 Å². The average molecular weight is 293 g/mol. The Bertz CT molecular complexity index is 537. The van der Waals surface area contributed by atoms with Crippen molar-refractivity contribution >= 4 is 25.8 Å². The maximum Gasteiger partial charge on any atom is 0.278 e. The molecule has 1 aliphatic heterocycles. The van der Waals surface area contributed by atoms with Crippen molar-refractivity contribution in [3.8, 4) is 0 Å². The van der Waals surface area contributed by atoms with E-state index in [0.717, 1.165) is 0 Å². The van der Waals surface area contributed by atoms with Gasteiger partial charge in [-0.25, -0.2) is 13.5 Å². The molecule has 1 atom stereocenters. The summed E-state index contributed by atoms with van der Waals surface area (Å²) in [7, 11) is -2.91. The SMILES string of the molecule is O=c1[nH]nc(C2CCS(=O)(=O)C2)cc1Br. The fraction of sp³-hybridized carbons (Fsp3) is 0.500. The first-order valence-electron chi connectivity index (χ1n) is 4.43. The number of hydrogen-bond acceptors (Lipinski definition) is 4. The van der Waals surface area contributed by atoms with Gasteiger partial charge in [0.05, 0.1) is 21.7 Å². The monoisotopic (exact) mass is 292 g/mol. The predicted molar refractivity (Wildman–Crippen MR) is 58.6 cm³/mol. The van der Waals surface area contributed by atoms with Crippen LogP contribution in [0.4, 0.5) is 0 Å². The highest BCUT2D eigenvalue weighted by Gasteiger charge is 2.30. The number of H-pyrrole nitrogens is 1. The zero-order valence-corrected chi connectivity index (χ0v) is 10.1. The zero-order valence-electron chi connectivity index (χ0n) is 7.73. The lowest BCUT2D eigenvalue weighted by Gasteiger charge is -2.05. The minimum Gasteiger partial charge on any atom is -0.267 e. The summed E-state index contributed by atoms with van der Waals surface area (Å²) in [5.74, 6) is 0.234. The number of aromatic amines is 1. The van der Waals surface area contributed by atoms with E-state index in [1.54, 1.807) is 6.07 Å². The van der Waals surface area contributed by atoms with Crippen LogP contribution in [-0.2, 0) is 9.84 Å². The summed E-state index contributed by atoms with van der Waals surface area (Å²) in [6.45, 7) is 0. The molecule has 5 nitrogen and oxygen atoms in total. The summed E-state index contributed by atoms with van der Waals surface area (Å²) in [4.78, 5) is 11.0. The molecule has 1 N–H and O–H groups in total. The van der Waals surface area contributed by atoms with Gasteiger partial charge in [-0.2, -0.15) is 5.10 Å². The molecule has 1 unspecified atom stereocenters. The Kier molecular flexibility index (Phi) is 2.68.